The van der Waals surface area contributed by atoms with Gasteiger partial charge in [-0.25, -0.2) is 4.98 Å². The fourth-order valence-electron chi connectivity index (χ4n) is 3.06. The van der Waals surface area contributed by atoms with Gasteiger partial charge in [0.05, 0.1) is 18.6 Å². The van der Waals surface area contributed by atoms with Crippen LogP contribution in [0.1, 0.15) is 26.4 Å². The first-order valence-electron chi connectivity index (χ1n) is 8.45. The number of hydrogen-bond acceptors (Lipinski definition) is 3. The number of nitrogens with one attached hydrogen (secondary N) is 1. The minimum Gasteiger partial charge on any atom is -0.331 e. The molecule has 6 nitrogen and oxygen atoms in total. The van der Waals surface area contributed by atoms with Crippen LogP contribution in [0.2, 0.25) is 0 Å². The summed E-state index contributed by atoms with van der Waals surface area (Å²) in [4.78, 5) is 31.2. The molecule has 0 saturated heterocycles. The zero-order valence-corrected chi connectivity index (χ0v) is 14.1. The van der Waals surface area contributed by atoms with E-state index in [2.05, 4.69) is 10.3 Å². The molecule has 2 heterocycles. The maximum absolute atomic E-state index is 12.8. The fraction of sp³-hybridized carbons (Fsp3) is 0.150. The highest BCUT2D eigenvalue weighted by Crippen LogP contribution is 2.16. The van der Waals surface area contributed by atoms with Gasteiger partial charge in [-0.2, -0.15) is 0 Å². The van der Waals surface area contributed by atoms with E-state index in [0.29, 0.717) is 24.2 Å². The number of fused-ring (bicyclic) bond motifs is 1. The third kappa shape index (κ3) is 3.21. The summed E-state index contributed by atoms with van der Waals surface area (Å²) in [6.45, 7) is 1.89. The SMILES string of the molecule is O=C(Nc1ccccc1)c1cccc(C(=O)N2CCn3cncc3C2)c1. The van der Waals surface area contributed by atoms with Gasteiger partial charge in [-0.15, -0.1) is 0 Å². The van der Waals surface area contributed by atoms with E-state index in [1.165, 1.54) is 0 Å². The number of nitrogens with zero attached hydrogens (tertiary/aromatic N) is 3. The lowest BCUT2D eigenvalue weighted by Gasteiger charge is -2.28. The highest BCUT2D eigenvalue weighted by molar-refractivity contribution is 6.06. The number of carbonyl (C=O) groups is 2. The normalized spacial score (nSPS) is 13.2. The van der Waals surface area contributed by atoms with Crippen molar-refractivity contribution in [2.45, 2.75) is 13.1 Å². The second-order valence-corrected chi connectivity index (χ2v) is 6.21. The van der Waals surface area contributed by atoms with Crippen molar-refractivity contribution in [3.8, 4) is 0 Å². The average Bonchev–Trinajstić information content (AvgIpc) is 3.16. The molecule has 1 N–H and O–H groups in total. The molecule has 0 spiro atoms. The van der Waals surface area contributed by atoms with Gasteiger partial charge >= 0.3 is 0 Å². The Hall–Kier alpha value is -3.41. The number of para-hydroxylation sites is 1. The van der Waals surface area contributed by atoms with Crippen molar-refractivity contribution in [3.63, 3.8) is 0 Å². The number of imidazole rings is 1. The number of anilines is 1. The van der Waals surface area contributed by atoms with Crippen molar-refractivity contribution in [3.05, 3.63) is 83.9 Å². The van der Waals surface area contributed by atoms with E-state index in [1.54, 1.807) is 41.7 Å². The summed E-state index contributed by atoms with van der Waals surface area (Å²) < 4.78 is 2.05. The molecule has 0 atom stereocenters. The topological polar surface area (TPSA) is 67.2 Å². The molecule has 1 aliphatic rings. The molecule has 1 aliphatic heterocycles. The van der Waals surface area contributed by atoms with Crippen LogP contribution in [0.4, 0.5) is 5.69 Å². The molecular weight excluding hydrogens is 328 g/mol. The maximum atomic E-state index is 12.8. The molecule has 3 aromatic rings. The van der Waals surface area contributed by atoms with Crippen LogP contribution in [-0.2, 0) is 13.1 Å². The van der Waals surface area contributed by atoms with Gasteiger partial charge in [0.1, 0.15) is 0 Å². The Bertz CT molecular complexity index is 949. The van der Waals surface area contributed by atoms with Gasteiger partial charge in [-0.1, -0.05) is 24.3 Å². The highest BCUT2D eigenvalue weighted by Gasteiger charge is 2.22. The van der Waals surface area contributed by atoms with Gasteiger partial charge in [0.15, 0.2) is 0 Å². The zero-order chi connectivity index (χ0) is 17.9. The molecule has 1 aromatic heterocycles. The third-order valence-corrected chi connectivity index (χ3v) is 4.45. The second-order valence-electron chi connectivity index (χ2n) is 6.21. The molecule has 6 heteroatoms. The molecule has 4 rings (SSSR count). The van der Waals surface area contributed by atoms with Gasteiger partial charge in [0.25, 0.3) is 11.8 Å². The first-order valence-corrected chi connectivity index (χ1v) is 8.45. The zero-order valence-electron chi connectivity index (χ0n) is 14.1. The Kier molecular flexibility index (Phi) is 4.23. The monoisotopic (exact) mass is 346 g/mol. The van der Waals surface area contributed by atoms with Crippen molar-refractivity contribution in [1.29, 1.82) is 0 Å². The molecule has 0 radical (unpaired) electrons. The van der Waals surface area contributed by atoms with Crippen molar-refractivity contribution in [1.82, 2.24) is 14.5 Å². The summed E-state index contributed by atoms with van der Waals surface area (Å²) in [5, 5.41) is 2.84. The van der Waals surface area contributed by atoms with E-state index in [4.69, 9.17) is 0 Å². The summed E-state index contributed by atoms with van der Waals surface area (Å²) in [6, 6.07) is 16.1. The summed E-state index contributed by atoms with van der Waals surface area (Å²) in [6.07, 6.45) is 3.56. The van der Waals surface area contributed by atoms with E-state index < -0.39 is 0 Å². The Morgan fingerprint density at radius 1 is 0.962 bits per heavy atom. The van der Waals surface area contributed by atoms with E-state index >= 15 is 0 Å². The number of carbonyl (C=O) groups excluding carboxylic acids is 2. The lowest BCUT2D eigenvalue weighted by molar-refractivity contribution is 0.0711. The quantitative estimate of drug-likeness (QED) is 0.793. The molecule has 0 saturated carbocycles. The van der Waals surface area contributed by atoms with Crippen molar-refractivity contribution in [2.24, 2.45) is 0 Å². The number of benzene rings is 2. The van der Waals surface area contributed by atoms with Gasteiger partial charge in [0, 0.05) is 36.1 Å². The predicted molar refractivity (Wildman–Crippen MR) is 97.8 cm³/mol. The van der Waals surface area contributed by atoms with Gasteiger partial charge < -0.3 is 14.8 Å². The molecule has 0 unspecified atom stereocenters. The Labute approximate surface area is 151 Å². The van der Waals surface area contributed by atoms with Crippen LogP contribution >= 0.6 is 0 Å². The van der Waals surface area contributed by atoms with E-state index in [1.807, 2.05) is 34.9 Å². The van der Waals surface area contributed by atoms with Crippen molar-refractivity contribution in [2.75, 3.05) is 11.9 Å². The minimum absolute atomic E-state index is 0.0770. The van der Waals surface area contributed by atoms with Gasteiger partial charge in [0.2, 0.25) is 0 Å². The molecule has 26 heavy (non-hydrogen) atoms. The van der Waals surface area contributed by atoms with Crippen molar-refractivity contribution >= 4 is 17.5 Å². The standard InChI is InChI=1S/C20H18N4O2/c25-19(22-17-7-2-1-3-8-17)15-5-4-6-16(11-15)20(26)23-9-10-24-14-21-12-18(24)13-23/h1-8,11-12,14H,9-10,13H2,(H,22,25). The lowest BCUT2D eigenvalue weighted by Crippen LogP contribution is -2.38. The van der Waals surface area contributed by atoms with Crippen LogP contribution in [0.15, 0.2) is 67.1 Å². The average molecular weight is 346 g/mol. The molecular formula is C20H18N4O2. The lowest BCUT2D eigenvalue weighted by atomic mass is 10.1. The van der Waals surface area contributed by atoms with Crippen LogP contribution in [0, 0.1) is 0 Å². The number of aromatic nitrogens is 2. The first kappa shape index (κ1) is 16.1. The summed E-state index contributed by atoms with van der Waals surface area (Å²) in [7, 11) is 0. The largest absolute Gasteiger partial charge is 0.331 e. The summed E-state index contributed by atoms with van der Waals surface area (Å²) in [5.74, 6) is -0.311. The first-order chi connectivity index (χ1) is 12.7. The second kappa shape index (κ2) is 6.84. The van der Waals surface area contributed by atoms with E-state index in [-0.39, 0.29) is 11.8 Å². The minimum atomic E-state index is -0.234. The van der Waals surface area contributed by atoms with Crippen molar-refractivity contribution < 1.29 is 9.59 Å². The molecule has 2 aromatic carbocycles. The third-order valence-electron chi connectivity index (χ3n) is 4.45. The van der Waals surface area contributed by atoms with Crippen LogP contribution in [0.5, 0.6) is 0 Å². The van der Waals surface area contributed by atoms with Gasteiger partial charge in [-0.05, 0) is 30.3 Å². The van der Waals surface area contributed by atoms with Crippen LogP contribution in [-0.4, -0.2) is 32.8 Å². The Morgan fingerprint density at radius 3 is 2.62 bits per heavy atom. The van der Waals surface area contributed by atoms with Crippen LogP contribution in [0.25, 0.3) is 0 Å². The molecule has 130 valence electrons. The highest BCUT2D eigenvalue weighted by atomic mass is 16.2. The summed E-state index contributed by atoms with van der Waals surface area (Å²) >= 11 is 0. The number of amides is 2. The molecule has 0 bridgehead atoms. The van der Waals surface area contributed by atoms with Gasteiger partial charge in [-0.3, -0.25) is 9.59 Å². The molecule has 2 amide bonds. The predicted octanol–water partition coefficient (Wildman–Crippen LogP) is 2.79. The smallest absolute Gasteiger partial charge is 0.255 e. The number of hydrogen-bond donors (Lipinski definition) is 1. The van der Waals surface area contributed by atoms with E-state index in [0.717, 1.165) is 17.9 Å². The summed E-state index contributed by atoms with van der Waals surface area (Å²) in [5.41, 5.74) is 2.71. The molecule has 0 fully saturated rings. The molecule has 0 aliphatic carbocycles. The maximum Gasteiger partial charge on any atom is 0.255 e. The number of rotatable bonds is 3. The fourth-order valence-corrected chi connectivity index (χ4v) is 3.06. The van der Waals surface area contributed by atoms with Crippen LogP contribution in [0.3, 0.4) is 0 Å². The Morgan fingerprint density at radius 2 is 1.77 bits per heavy atom. The van der Waals surface area contributed by atoms with E-state index in [9.17, 15) is 9.59 Å². The Balaban J connectivity index is 1.50. The van der Waals surface area contributed by atoms with Crippen LogP contribution < -0.4 is 5.32 Å².